The van der Waals surface area contributed by atoms with Crippen LogP contribution in [-0.2, 0) is 10.3 Å². The standard InChI is InChI=1S/C9H15N3OS/c1-9(2,8-11-4-5-14-8)12-7(13)6-10-3/h4-5,10H,6H2,1-3H3,(H,12,13). The molecule has 1 amide bonds. The molecule has 1 rings (SSSR count). The number of nitrogens with zero attached hydrogens (tertiary/aromatic N) is 1. The van der Waals surface area contributed by atoms with Crippen molar-refractivity contribution in [2.45, 2.75) is 19.4 Å². The van der Waals surface area contributed by atoms with Crippen LogP contribution in [0.3, 0.4) is 0 Å². The van der Waals surface area contributed by atoms with Crippen LogP contribution in [0.1, 0.15) is 18.9 Å². The van der Waals surface area contributed by atoms with Crippen molar-refractivity contribution in [3.05, 3.63) is 16.6 Å². The van der Waals surface area contributed by atoms with Crippen molar-refractivity contribution in [2.75, 3.05) is 13.6 Å². The first-order chi connectivity index (χ1) is 6.56. The number of nitrogens with one attached hydrogen (secondary N) is 2. The zero-order valence-corrected chi connectivity index (χ0v) is 9.44. The molecule has 1 heterocycles. The molecule has 0 saturated carbocycles. The second kappa shape index (κ2) is 4.52. The fraction of sp³-hybridized carbons (Fsp3) is 0.556. The molecular weight excluding hydrogens is 198 g/mol. The van der Waals surface area contributed by atoms with E-state index < -0.39 is 0 Å². The highest BCUT2D eigenvalue weighted by molar-refractivity contribution is 7.09. The van der Waals surface area contributed by atoms with Crippen LogP contribution >= 0.6 is 11.3 Å². The smallest absolute Gasteiger partial charge is 0.234 e. The van der Waals surface area contributed by atoms with Crippen molar-refractivity contribution >= 4 is 17.2 Å². The first kappa shape index (κ1) is 11.1. The summed E-state index contributed by atoms with van der Waals surface area (Å²) >= 11 is 1.54. The van der Waals surface area contributed by atoms with Crippen LogP contribution in [0.15, 0.2) is 11.6 Å². The highest BCUT2D eigenvalue weighted by Gasteiger charge is 2.24. The third kappa shape index (κ3) is 2.78. The summed E-state index contributed by atoms with van der Waals surface area (Å²) in [4.78, 5) is 15.5. The van der Waals surface area contributed by atoms with Crippen LogP contribution in [0.5, 0.6) is 0 Å². The van der Waals surface area contributed by atoms with Gasteiger partial charge in [0.05, 0.1) is 12.1 Å². The highest BCUT2D eigenvalue weighted by Crippen LogP contribution is 2.21. The molecule has 0 unspecified atom stereocenters. The van der Waals surface area contributed by atoms with E-state index in [0.717, 1.165) is 5.01 Å². The number of hydrogen-bond donors (Lipinski definition) is 2. The summed E-state index contributed by atoms with van der Waals surface area (Å²) < 4.78 is 0. The van der Waals surface area contributed by atoms with E-state index in [0.29, 0.717) is 6.54 Å². The molecule has 0 bridgehead atoms. The van der Waals surface area contributed by atoms with Crippen molar-refractivity contribution < 1.29 is 4.79 Å². The van der Waals surface area contributed by atoms with Gasteiger partial charge in [0.2, 0.25) is 5.91 Å². The van der Waals surface area contributed by atoms with Crippen molar-refractivity contribution in [3.63, 3.8) is 0 Å². The van der Waals surface area contributed by atoms with Crippen molar-refractivity contribution in [1.82, 2.24) is 15.6 Å². The number of thiazole rings is 1. The van der Waals surface area contributed by atoms with Crippen LogP contribution in [0.4, 0.5) is 0 Å². The van der Waals surface area contributed by atoms with Gasteiger partial charge in [0.15, 0.2) is 0 Å². The maximum absolute atomic E-state index is 11.4. The van der Waals surface area contributed by atoms with Crippen molar-refractivity contribution in [3.8, 4) is 0 Å². The maximum Gasteiger partial charge on any atom is 0.234 e. The fourth-order valence-electron chi connectivity index (χ4n) is 1.14. The lowest BCUT2D eigenvalue weighted by Gasteiger charge is -2.23. The average Bonchev–Trinajstić information content (AvgIpc) is 2.54. The minimum absolute atomic E-state index is 0.0206. The van der Waals surface area contributed by atoms with Crippen LogP contribution in [0.25, 0.3) is 0 Å². The first-order valence-corrected chi connectivity index (χ1v) is 5.30. The Morgan fingerprint density at radius 1 is 1.64 bits per heavy atom. The van der Waals surface area contributed by atoms with E-state index in [2.05, 4.69) is 15.6 Å². The largest absolute Gasteiger partial charge is 0.344 e. The fourth-order valence-corrected chi connectivity index (χ4v) is 1.86. The molecule has 5 heteroatoms. The molecule has 78 valence electrons. The quantitative estimate of drug-likeness (QED) is 0.774. The SMILES string of the molecule is CNCC(=O)NC(C)(C)c1nccs1. The molecule has 2 N–H and O–H groups in total. The highest BCUT2D eigenvalue weighted by atomic mass is 32.1. The molecule has 1 aromatic rings. The third-order valence-electron chi connectivity index (χ3n) is 1.76. The van der Waals surface area contributed by atoms with E-state index in [1.165, 1.54) is 0 Å². The van der Waals surface area contributed by atoms with Gasteiger partial charge in [-0.25, -0.2) is 4.98 Å². The molecule has 0 saturated heterocycles. The topological polar surface area (TPSA) is 54.0 Å². The molecule has 0 radical (unpaired) electrons. The number of hydrogen-bond acceptors (Lipinski definition) is 4. The Labute approximate surface area is 87.7 Å². The van der Waals surface area contributed by atoms with E-state index in [1.54, 1.807) is 24.6 Å². The predicted octanol–water partition coefficient (Wildman–Crippen LogP) is 0.714. The van der Waals surface area contributed by atoms with E-state index in [1.807, 2.05) is 19.2 Å². The lowest BCUT2D eigenvalue weighted by Crippen LogP contribution is -2.44. The molecule has 0 aliphatic rings. The second-order valence-corrected chi connectivity index (χ2v) is 4.44. The molecule has 1 aromatic heterocycles. The van der Waals surface area contributed by atoms with E-state index in [-0.39, 0.29) is 11.4 Å². The van der Waals surface area contributed by atoms with Gasteiger partial charge in [-0.2, -0.15) is 0 Å². The Morgan fingerprint density at radius 3 is 2.86 bits per heavy atom. The number of likely N-dealkylation sites (N-methyl/N-ethyl adjacent to an activating group) is 1. The minimum atomic E-state index is -0.387. The van der Waals surface area contributed by atoms with E-state index >= 15 is 0 Å². The zero-order chi connectivity index (χ0) is 10.6. The molecular formula is C9H15N3OS. The van der Waals surface area contributed by atoms with Gasteiger partial charge in [-0.3, -0.25) is 4.79 Å². The Bertz CT molecular complexity index is 295. The lowest BCUT2D eigenvalue weighted by atomic mass is 10.1. The second-order valence-electron chi connectivity index (χ2n) is 3.54. The number of amides is 1. The Balaban J connectivity index is 2.63. The van der Waals surface area contributed by atoms with Gasteiger partial charge in [-0.1, -0.05) is 0 Å². The van der Waals surface area contributed by atoms with Gasteiger partial charge in [-0.05, 0) is 20.9 Å². The summed E-state index contributed by atoms with van der Waals surface area (Å²) in [6, 6.07) is 0. The molecule has 0 aromatic carbocycles. The number of rotatable bonds is 4. The van der Waals surface area contributed by atoms with E-state index in [4.69, 9.17) is 0 Å². The Kier molecular flexibility index (Phi) is 3.60. The number of carbonyl (C=O) groups excluding carboxylic acids is 1. The van der Waals surface area contributed by atoms with Crippen LogP contribution in [-0.4, -0.2) is 24.5 Å². The summed E-state index contributed by atoms with van der Waals surface area (Å²) in [5.41, 5.74) is -0.387. The summed E-state index contributed by atoms with van der Waals surface area (Å²) in [6.45, 7) is 4.22. The molecule has 0 aliphatic heterocycles. The predicted molar refractivity (Wildman–Crippen MR) is 57.2 cm³/mol. The molecule has 4 nitrogen and oxygen atoms in total. The molecule has 14 heavy (non-hydrogen) atoms. The minimum Gasteiger partial charge on any atom is -0.344 e. The summed E-state index contributed by atoms with van der Waals surface area (Å²) in [7, 11) is 1.75. The van der Waals surface area contributed by atoms with Crippen LogP contribution in [0.2, 0.25) is 0 Å². The summed E-state index contributed by atoms with van der Waals surface area (Å²) in [5.74, 6) is -0.0206. The zero-order valence-electron chi connectivity index (χ0n) is 8.63. The van der Waals surface area contributed by atoms with Gasteiger partial charge in [-0.15, -0.1) is 11.3 Å². The van der Waals surface area contributed by atoms with Gasteiger partial charge >= 0.3 is 0 Å². The lowest BCUT2D eigenvalue weighted by molar-refractivity contribution is -0.121. The van der Waals surface area contributed by atoms with Crippen molar-refractivity contribution in [1.29, 1.82) is 0 Å². The molecule has 0 aliphatic carbocycles. The first-order valence-electron chi connectivity index (χ1n) is 4.42. The van der Waals surface area contributed by atoms with E-state index in [9.17, 15) is 4.79 Å². The van der Waals surface area contributed by atoms with Gasteiger partial charge in [0, 0.05) is 11.6 Å². The van der Waals surface area contributed by atoms with Crippen LogP contribution in [0, 0.1) is 0 Å². The Morgan fingerprint density at radius 2 is 2.36 bits per heavy atom. The summed E-state index contributed by atoms with van der Waals surface area (Å²) in [5, 5.41) is 8.53. The van der Waals surface area contributed by atoms with Gasteiger partial charge < -0.3 is 10.6 Å². The molecule has 0 fully saturated rings. The van der Waals surface area contributed by atoms with Crippen molar-refractivity contribution in [2.24, 2.45) is 0 Å². The number of carbonyl (C=O) groups is 1. The normalized spacial score (nSPS) is 11.4. The summed E-state index contributed by atoms with van der Waals surface area (Å²) in [6.07, 6.45) is 1.74. The monoisotopic (exact) mass is 213 g/mol. The maximum atomic E-state index is 11.4. The Hall–Kier alpha value is -0.940. The third-order valence-corrected chi connectivity index (χ3v) is 2.85. The molecule has 0 spiro atoms. The molecule has 0 atom stereocenters. The van der Waals surface area contributed by atoms with Gasteiger partial charge in [0.1, 0.15) is 5.01 Å². The number of aromatic nitrogens is 1. The average molecular weight is 213 g/mol. The van der Waals surface area contributed by atoms with Gasteiger partial charge in [0.25, 0.3) is 0 Å². The van der Waals surface area contributed by atoms with Crippen LogP contribution < -0.4 is 10.6 Å².